The van der Waals surface area contributed by atoms with Gasteiger partial charge in [0.1, 0.15) is 11.9 Å². The Balaban J connectivity index is 1.63. The number of benzene rings is 2. The summed E-state index contributed by atoms with van der Waals surface area (Å²) in [5.74, 6) is 1.21. The van der Waals surface area contributed by atoms with Crippen LogP contribution in [0, 0.1) is 16.0 Å². The Kier molecular flexibility index (Phi) is 3.50. The topological polar surface area (TPSA) is 61.6 Å². The van der Waals surface area contributed by atoms with Gasteiger partial charge >= 0.3 is 0 Å². The summed E-state index contributed by atoms with van der Waals surface area (Å²) in [6, 6.07) is 14.8. The molecule has 0 amide bonds. The van der Waals surface area contributed by atoms with Gasteiger partial charge in [-0.1, -0.05) is 18.2 Å². The number of rotatable bonds is 2. The van der Waals surface area contributed by atoms with Crippen LogP contribution in [-0.2, 0) is 11.2 Å². The standard InChI is InChI=1S/C18H17NO4/c20-19(21)14-7-5-12(6-8-14)18-15-11-13-3-1-2-4-16(13)23-17(15)9-10-22-18/h1-8,15,17-18H,9-11H2/t15-,17-,18-/m0/s1. The molecule has 5 heteroatoms. The first-order valence-electron chi connectivity index (χ1n) is 7.83. The molecule has 0 spiro atoms. The van der Waals surface area contributed by atoms with Crippen LogP contribution in [0.5, 0.6) is 5.75 Å². The van der Waals surface area contributed by atoms with Crippen LogP contribution in [0.1, 0.15) is 23.7 Å². The lowest BCUT2D eigenvalue weighted by atomic mass is 9.81. The molecule has 5 nitrogen and oxygen atoms in total. The minimum absolute atomic E-state index is 0.0806. The second-order valence-electron chi connectivity index (χ2n) is 6.06. The third-order valence-corrected chi connectivity index (χ3v) is 4.71. The Labute approximate surface area is 134 Å². The molecule has 0 saturated carbocycles. The van der Waals surface area contributed by atoms with E-state index >= 15 is 0 Å². The van der Waals surface area contributed by atoms with E-state index in [2.05, 4.69) is 6.07 Å². The second-order valence-corrected chi connectivity index (χ2v) is 6.06. The summed E-state index contributed by atoms with van der Waals surface area (Å²) in [6.07, 6.45) is 1.84. The normalized spacial score (nSPS) is 25.8. The zero-order valence-electron chi connectivity index (χ0n) is 12.6. The van der Waals surface area contributed by atoms with E-state index in [1.807, 2.05) is 18.2 Å². The van der Waals surface area contributed by atoms with Gasteiger partial charge in [0, 0.05) is 24.5 Å². The number of hydrogen-bond acceptors (Lipinski definition) is 4. The molecule has 0 bridgehead atoms. The Morgan fingerprint density at radius 1 is 1.09 bits per heavy atom. The molecule has 4 rings (SSSR count). The molecule has 0 radical (unpaired) electrons. The first kappa shape index (κ1) is 14.2. The van der Waals surface area contributed by atoms with Crippen molar-refractivity contribution in [3.8, 4) is 5.75 Å². The predicted octanol–water partition coefficient (Wildman–Crippen LogP) is 3.68. The quantitative estimate of drug-likeness (QED) is 0.627. The SMILES string of the molecule is O=[N+]([O-])c1ccc([C@@H]2OCC[C@@H]3Oc4ccccc4C[C@@H]32)cc1. The Bertz CT molecular complexity index is 728. The highest BCUT2D eigenvalue weighted by Crippen LogP contribution is 2.42. The summed E-state index contributed by atoms with van der Waals surface area (Å²) in [5.41, 5.74) is 2.28. The summed E-state index contributed by atoms with van der Waals surface area (Å²) < 4.78 is 12.2. The monoisotopic (exact) mass is 311 g/mol. The van der Waals surface area contributed by atoms with Crippen LogP contribution in [0.2, 0.25) is 0 Å². The van der Waals surface area contributed by atoms with E-state index in [0.717, 1.165) is 24.2 Å². The number of fused-ring (bicyclic) bond motifs is 2. The van der Waals surface area contributed by atoms with Gasteiger partial charge in [-0.25, -0.2) is 0 Å². The maximum Gasteiger partial charge on any atom is 0.269 e. The fraction of sp³-hybridized carbons (Fsp3) is 0.333. The molecule has 0 unspecified atom stereocenters. The molecule has 2 aromatic rings. The van der Waals surface area contributed by atoms with Crippen LogP contribution in [0.25, 0.3) is 0 Å². The number of non-ortho nitro benzene ring substituents is 1. The van der Waals surface area contributed by atoms with E-state index in [9.17, 15) is 10.1 Å². The first-order chi connectivity index (χ1) is 11.2. The van der Waals surface area contributed by atoms with Crippen molar-refractivity contribution in [2.75, 3.05) is 6.61 Å². The molecule has 0 N–H and O–H groups in total. The fourth-order valence-corrected chi connectivity index (χ4v) is 3.56. The van der Waals surface area contributed by atoms with Gasteiger partial charge < -0.3 is 9.47 Å². The van der Waals surface area contributed by atoms with Crippen molar-refractivity contribution in [3.63, 3.8) is 0 Å². The van der Waals surface area contributed by atoms with E-state index in [1.54, 1.807) is 24.3 Å². The van der Waals surface area contributed by atoms with Crippen LogP contribution >= 0.6 is 0 Å². The molecule has 0 aliphatic carbocycles. The smallest absolute Gasteiger partial charge is 0.269 e. The summed E-state index contributed by atoms with van der Waals surface area (Å²) >= 11 is 0. The van der Waals surface area contributed by atoms with Gasteiger partial charge in [-0.2, -0.15) is 0 Å². The Hall–Kier alpha value is -2.40. The van der Waals surface area contributed by atoms with Gasteiger partial charge in [-0.15, -0.1) is 0 Å². The average molecular weight is 311 g/mol. The van der Waals surface area contributed by atoms with Crippen molar-refractivity contribution in [1.29, 1.82) is 0 Å². The summed E-state index contributed by atoms with van der Waals surface area (Å²) in [6.45, 7) is 0.644. The van der Waals surface area contributed by atoms with Crippen LogP contribution < -0.4 is 4.74 Å². The highest BCUT2D eigenvalue weighted by molar-refractivity contribution is 5.38. The first-order valence-corrected chi connectivity index (χ1v) is 7.83. The minimum Gasteiger partial charge on any atom is -0.490 e. The highest BCUT2D eigenvalue weighted by Gasteiger charge is 2.40. The molecule has 1 saturated heterocycles. The molecular weight excluding hydrogens is 294 g/mol. The fourth-order valence-electron chi connectivity index (χ4n) is 3.56. The zero-order chi connectivity index (χ0) is 15.8. The molecule has 2 heterocycles. The van der Waals surface area contributed by atoms with Gasteiger partial charge in [0.25, 0.3) is 5.69 Å². The van der Waals surface area contributed by atoms with Gasteiger partial charge in [0.05, 0.1) is 17.6 Å². The highest BCUT2D eigenvalue weighted by atomic mass is 16.6. The van der Waals surface area contributed by atoms with Crippen molar-refractivity contribution in [2.24, 2.45) is 5.92 Å². The Morgan fingerprint density at radius 3 is 2.65 bits per heavy atom. The average Bonchev–Trinajstić information content (AvgIpc) is 2.59. The lowest BCUT2D eigenvalue weighted by Gasteiger charge is -2.41. The number of ether oxygens (including phenoxy) is 2. The van der Waals surface area contributed by atoms with Gasteiger partial charge in [-0.3, -0.25) is 10.1 Å². The number of nitro benzene ring substituents is 1. The van der Waals surface area contributed by atoms with Crippen LogP contribution in [0.15, 0.2) is 48.5 Å². The van der Waals surface area contributed by atoms with Crippen molar-refractivity contribution >= 4 is 5.69 Å². The van der Waals surface area contributed by atoms with Gasteiger partial charge in [0.2, 0.25) is 0 Å². The molecule has 1 fully saturated rings. The molecule has 118 valence electrons. The maximum atomic E-state index is 10.8. The molecule has 0 aromatic heterocycles. The van der Waals surface area contributed by atoms with Crippen molar-refractivity contribution in [1.82, 2.24) is 0 Å². The summed E-state index contributed by atoms with van der Waals surface area (Å²) in [5, 5.41) is 10.8. The molecule has 3 atom stereocenters. The van der Waals surface area contributed by atoms with Gasteiger partial charge in [-0.05, 0) is 35.7 Å². The second kappa shape index (κ2) is 5.66. The predicted molar refractivity (Wildman–Crippen MR) is 84.5 cm³/mol. The van der Waals surface area contributed by atoms with Crippen molar-refractivity contribution in [2.45, 2.75) is 25.0 Å². The van der Waals surface area contributed by atoms with Crippen LogP contribution in [0.3, 0.4) is 0 Å². The van der Waals surface area contributed by atoms with E-state index in [0.29, 0.717) is 6.61 Å². The lowest BCUT2D eigenvalue weighted by molar-refractivity contribution is -0.384. The largest absolute Gasteiger partial charge is 0.490 e. The molecule has 2 aliphatic rings. The number of nitro groups is 1. The minimum atomic E-state index is -0.381. The van der Waals surface area contributed by atoms with Crippen molar-refractivity contribution < 1.29 is 14.4 Å². The Morgan fingerprint density at radius 2 is 1.87 bits per heavy atom. The number of nitrogens with zero attached hydrogens (tertiary/aromatic N) is 1. The van der Waals surface area contributed by atoms with E-state index in [-0.39, 0.29) is 28.7 Å². The van der Waals surface area contributed by atoms with E-state index < -0.39 is 0 Å². The molecule has 23 heavy (non-hydrogen) atoms. The van der Waals surface area contributed by atoms with E-state index in [4.69, 9.17) is 9.47 Å². The van der Waals surface area contributed by atoms with Gasteiger partial charge in [0.15, 0.2) is 0 Å². The molecule has 2 aliphatic heterocycles. The molecular formula is C18H17NO4. The maximum absolute atomic E-state index is 10.8. The third-order valence-electron chi connectivity index (χ3n) is 4.71. The zero-order valence-corrected chi connectivity index (χ0v) is 12.6. The summed E-state index contributed by atoms with van der Waals surface area (Å²) in [4.78, 5) is 10.4. The number of para-hydroxylation sites is 1. The van der Waals surface area contributed by atoms with Crippen LogP contribution in [0.4, 0.5) is 5.69 Å². The van der Waals surface area contributed by atoms with E-state index in [1.165, 1.54) is 5.56 Å². The number of hydrogen-bond donors (Lipinski definition) is 0. The van der Waals surface area contributed by atoms with Crippen molar-refractivity contribution in [3.05, 3.63) is 69.8 Å². The lowest BCUT2D eigenvalue weighted by Crippen LogP contribution is -2.42. The summed E-state index contributed by atoms with van der Waals surface area (Å²) in [7, 11) is 0. The van der Waals surface area contributed by atoms with Crippen LogP contribution in [-0.4, -0.2) is 17.6 Å². The third kappa shape index (κ3) is 2.57. The molecule has 2 aromatic carbocycles.